The van der Waals surface area contributed by atoms with Gasteiger partial charge < -0.3 is 15.4 Å². The van der Waals surface area contributed by atoms with Crippen LogP contribution in [0.15, 0.2) is 84.4 Å². The summed E-state index contributed by atoms with van der Waals surface area (Å²) in [6, 6.07) is 18.0. The molecule has 1 aromatic heterocycles. The second-order valence-corrected chi connectivity index (χ2v) is 7.40. The molecule has 1 heterocycles. The molecule has 0 unspecified atom stereocenters. The smallest absolute Gasteiger partial charge is 0.272 e. The topological polar surface area (TPSA) is 67.4 Å². The maximum absolute atomic E-state index is 12.9. The molecule has 2 N–H and O–H groups in total. The van der Waals surface area contributed by atoms with Crippen molar-refractivity contribution >= 4 is 34.9 Å². The molecule has 30 heavy (non-hydrogen) atoms. The molecule has 0 saturated heterocycles. The standard InChI is InChI=1S/C24H22N2O3S/c1-3-14-29-19-12-10-18(11-13-19)25-24(28)22(16-20-8-6-15-30-20)26-23(27)21-9-5-4-7-17(21)2/h3-13,15-16H,1,14H2,2H3,(H,25,28)(H,26,27)/b22-16-. The van der Waals surface area contributed by atoms with Crippen molar-refractivity contribution in [3.63, 3.8) is 0 Å². The van der Waals surface area contributed by atoms with Crippen molar-refractivity contribution in [3.05, 3.63) is 100 Å². The van der Waals surface area contributed by atoms with Gasteiger partial charge in [-0.3, -0.25) is 9.59 Å². The first-order valence-corrected chi connectivity index (χ1v) is 10.2. The van der Waals surface area contributed by atoms with Crippen LogP contribution < -0.4 is 15.4 Å². The number of amides is 2. The number of carbonyl (C=O) groups is 2. The first kappa shape index (κ1) is 21.1. The van der Waals surface area contributed by atoms with Crippen molar-refractivity contribution in [3.8, 4) is 5.75 Å². The Morgan fingerprint density at radius 2 is 1.83 bits per heavy atom. The number of benzene rings is 2. The molecule has 3 rings (SSSR count). The van der Waals surface area contributed by atoms with Gasteiger partial charge in [-0.1, -0.05) is 36.9 Å². The molecular weight excluding hydrogens is 396 g/mol. The van der Waals surface area contributed by atoms with Gasteiger partial charge in [0.15, 0.2) is 0 Å². The third-order valence-corrected chi connectivity index (χ3v) is 5.01. The number of carbonyl (C=O) groups excluding carboxylic acids is 2. The zero-order valence-electron chi connectivity index (χ0n) is 16.6. The molecule has 0 aliphatic carbocycles. The molecule has 2 aromatic carbocycles. The Morgan fingerprint density at radius 1 is 1.07 bits per heavy atom. The number of hydrogen-bond donors (Lipinski definition) is 2. The predicted octanol–water partition coefficient (Wildman–Crippen LogP) is 5.03. The molecule has 0 spiro atoms. The van der Waals surface area contributed by atoms with E-state index >= 15 is 0 Å². The van der Waals surface area contributed by atoms with Gasteiger partial charge in [-0.25, -0.2) is 0 Å². The molecular formula is C24H22N2O3S. The molecule has 3 aromatic rings. The Morgan fingerprint density at radius 3 is 2.50 bits per heavy atom. The Labute approximate surface area is 179 Å². The minimum absolute atomic E-state index is 0.165. The largest absolute Gasteiger partial charge is 0.490 e. The second-order valence-electron chi connectivity index (χ2n) is 6.42. The summed E-state index contributed by atoms with van der Waals surface area (Å²) in [6.07, 6.45) is 3.33. The third-order valence-electron chi connectivity index (χ3n) is 4.19. The molecule has 0 aliphatic heterocycles. The van der Waals surface area contributed by atoms with Crippen LogP contribution in [0.25, 0.3) is 6.08 Å². The number of nitrogens with one attached hydrogen (secondary N) is 2. The van der Waals surface area contributed by atoms with E-state index in [-0.39, 0.29) is 11.6 Å². The van der Waals surface area contributed by atoms with Gasteiger partial charge in [0.2, 0.25) is 0 Å². The maximum Gasteiger partial charge on any atom is 0.272 e. The first-order valence-electron chi connectivity index (χ1n) is 9.34. The van der Waals surface area contributed by atoms with E-state index < -0.39 is 5.91 Å². The van der Waals surface area contributed by atoms with E-state index in [4.69, 9.17) is 4.74 Å². The zero-order chi connectivity index (χ0) is 21.3. The average Bonchev–Trinajstić information content (AvgIpc) is 3.26. The van der Waals surface area contributed by atoms with Gasteiger partial charge in [-0.15, -0.1) is 11.3 Å². The van der Waals surface area contributed by atoms with Crippen molar-refractivity contribution in [1.82, 2.24) is 5.32 Å². The van der Waals surface area contributed by atoms with Crippen LogP contribution >= 0.6 is 11.3 Å². The monoisotopic (exact) mass is 418 g/mol. The summed E-state index contributed by atoms with van der Waals surface area (Å²) in [5.41, 5.74) is 2.11. The molecule has 0 fully saturated rings. The second kappa shape index (κ2) is 10.2. The van der Waals surface area contributed by atoms with Crippen molar-refractivity contribution in [2.45, 2.75) is 6.92 Å². The lowest BCUT2D eigenvalue weighted by atomic mass is 10.1. The van der Waals surface area contributed by atoms with Gasteiger partial charge in [0.25, 0.3) is 11.8 Å². The minimum Gasteiger partial charge on any atom is -0.490 e. The molecule has 0 radical (unpaired) electrons. The summed E-state index contributed by atoms with van der Waals surface area (Å²) in [7, 11) is 0. The summed E-state index contributed by atoms with van der Waals surface area (Å²) in [5, 5.41) is 7.48. The normalized spacial score (nSPS) is 10.9. The van der Waals surface area contributed by atoms with Gasteiger partial charge in [-0.05, 0) is 60.3 Å². The number of ether oxygens (including phenoxy) is 1. The maximum atomic E-state index is 12.9. The van der Waals surface area contributed by atoms with E-state index in [1.54, 1.807) is 48.6 Å². The van der Waals surface area contributed by atoms with E-state index in [1.165, 1.54) is 11.3 Å². The van der Waals surface area contributed by atoms with Gasteiger partial charge in [0, 0.05) is 16.1 Å². The Balaban J connectivity index is 1.78. The lowest BCUT2D eigenvalue weighted by molar-refractivity contribution is -0.113. The SMILES string of the molecule is C=CCOc1ccc(NC(=O)/C(=C/c2cccs2)NC(=O)c2ccccc2C)cc1. The fourth-order valence-electron chi connectivity index (χ4n) is 2.68. The summed E-state index contributed by atoms with van der Waals surface area (Å²) in [5.74, 6) is -0.0700. The van der Waals surface area contributed by atoms with Gasteiger partial charge in [-0.2, -0.15) is 0 Å². The molecule has 152 valence electrons. The van der Waals surface area contributed by atoms with Crippen LogP contribution in [-0.4, -0.2) is 18.4 Å². The van der Waals surface area contributed by atoms with Crippen molar-refractivity contribution < 1.29 is 14.3 Å². The van der Waals surface area contributed by atoms with Crippen LogP contribution in [-0.2, 0) is 4.79 Å². The summed E-state index contributed by atoms with van der Waals surface area (Å²) in [6.45, 7) is 5.87. The minimum atomic E-state index is -0.412. The van der Waals surface area contributed by atoms with Crippen molar-refractivity contribution in [1.29, 1.82) is 0 Å². The van der Waals surface area contributed by atoms with Crippen LogP contribution in [0.4, 0.5) is 5.69 Å². The molecule has 0 atom stereocenters. The zero-order valence-corrected chi connectivity index (χ0v) is 17.4. The van der Waals surface area contributed by atoms with E-state index in [9.17, 15) is 9.59 Å². The Kier molecular flexibility index (Phi) is 7.19. The van der Waals surface area contributed by atoms with E-state index in [0.717, 1.165) is 10.4 Å². The van der Waals surface area contributed by atoms with Crippen LogP contribution in [0.5, 0.6) is 5.75 Å². The molecule has 5 nitrogen and oxygen atoms in total. The fourth-order valence-corrected chi connectivity index (χ4v) is 3.34. The quantitative estimate of drug-likeness (QED) is 0.398. The molecule has 0 saturated carbocycles. The number of thiophene rings is 1. The molecule has 0 bridgehead atoms. The highest BCUT2D eigenvalue weighted by atomic mass is 32.1. The predicted molar refractivity (Wildman–Crippen MR) is 122 cm³/mol. The van der Waals surface area contributed by atoms with Gasteiger partial charge in [0.05, 0.1) is 0 Å². The lowest BCUT2D eigenvalue weighted by Gasteiger charge is -2.12. The van der Waals surface area contributed by atoms with Gasteiger partial charge >= 0.3 is 0 Å². The highest BCUT2D eigenvalue weighted by molar-refractivity contribution is 7.10. The lowest BCUT2D eigenvalue weighted by Crippen LogP contribution is -2.31. The highest BCUT2D eigenvalue weighted by Gasteiger charge is 2.16. The van der Waals surface area contributed by atoms with Crippen LogP contribution in [0.2, 0.25) is 0 Å². The number of anilines is 1. The van der Waals surface area contributed by atoms with E-state index in [2.05, 4.69) is 17.2 Å². The number of hydrogen-bond acceptors (Lipinski definition) is 4. The molecule has 2 amide bonds. The van der Waals surface area contributed by atoms with Crippen molar-refractivity contribution in [2.75, 3.05) is 11.9 Å². The molecule has 0 aliphatic rings. The Hall–Kier alpha value is -3.64. The van der Waals surface area contributed by atoms with Crippen LogP contribution in [0.3, 0.4) is 0 Å². The van der Waals surface area contributed by atoms with Crippen molar-refractivity contribution in [2.24, 2.45) is 0 Å². The number of rotatable bonds is 8. The third kappa shape index (κ3) is 5.68. The van der Waals surface area contributed by atoms with Gasteiger partial charge in [0.1, 0.15) is 18.1 Å². The fraction of sp³-hybridized carbons (Fsp3) is 0.0833. The highest BCUT2D eigenvalue weighted by Crippen LogP contribution is 2.18. The number of aryl methyl sites for hydroxylation is 1. The van der Waals surface area contributed by atoms with E-state index in [1.807, 2.05) is 36.6 Å². The van der Waals surface area contributed by atoms with E-state index in [0.29, 0.717) is 23.6 Å². The molecule has 6 heteroatoms. The summed E-state index contributed by atoms with van der Waals surface area (Å²) in [4.78, 5) is 26.5. The average molecular weight is 419 g/mol. The van der Waals surface area contributed by atoms with Crippen LogP contribution in [0.1, 0.15) is 20.8 Å². The Bertz CT molecular complexity index is 1050. The summed E-state index contributed by atoms with van der Waals surface area (Å²) >= 11 is 1.48. The summed E-state index contributed by atoms with van der Waals surface area (Å²) < 4.78 is 5.45. The first-order chi connectivity index (χ1) is 14.6. The van der Waals surface area contributed by atoms with Crippen LogP contribution in [0, 0.1) is 6.92 Å².